The second kappa shape index (κ2) is 8.93. The monoisotopic (exact) mass is 440 g/mol. The van der Waals surface area contributed by atoms with Crippen molar-refractivity contribution in [2.24, 2.45) is 0 Å². The summed E-state index contributed by atoms with van der Waals surface area (Å²) >= 11 is 7.80. The molecule has 4 rings (SSSR count). The number of aromatic nitrogens is 3. The van der Waals surface area contributed by atoms with Crippen LogP contribution in [0.3, 0.4) is 0 Å². The van der Waals surface area contributed by atoms with Crippen LogP contribution in [0.4, 0.5) is 5.95 Å². The van der Waals surface area contributed by atoms with Crippen LogP contribution in [0.1, 0.15) is 31.0 Å². The SMILES string of the molecule is CCSc1nc2n(n1)C(c1cccc(Cl)c1)C(C(=O)OCc1ccccc1)=C(C)N2. The van der Waals surface area contributed by atoms with Gasteiger partial charge < -0.3 is 10.1 Å². The van der Waals surface area contributed by atoms with E-state index in [2.05, 4.69) is 15.4 Å². The van der Waals surface area contributed by atoms with Gasteiger partial charge in [-0.2, -0.15) is 4.98 Å². The van der Waals surface area contributed by atoms with E-state index in [0.717, 1.165) is 16.9 Å². The van der Waals surface area contributed by atoms with Crippen LogP contribution in [0, 0.1) is 0 Å². The minimum atomic E-state index is -0.484. The van der Waals surface area contributed by atoms with Gasteiger partial charge in [-0.25, -0.2) is 9.48 Å². The van der Waals surface area contributed by atoms with Gasteiger partial charge in [-0.05, 0) is 35.9 Å². The lowest BCUT2D eigenvalue weighted by Gasteiger charge is -2.28. The quantitative estimate of drug-likeness (QED) is 0.426. The van der Waals surface area contributed by atoms with Crippen molar-refractivity contribution in [3.8, 4) is 0 Å². The van der Waals surface area contributed by atoms with Gasteiger partial charge in [0, 0.05) is 10.7 Å². The Hall–Kier alpha value is -2.77. The first kappa shape index (κ1) is 20.5. The summed E-state index contributed by atoms with van der Waals surface area (Å²) in [5.41, 5.74) is 2.94. The van der Waals surface area contributed by atoms with Gasteiger partial charge >= 0.3 is 5.97 Å². The van der Waals surface area contributed by atoms with Crippen molar-refractivity contribution in [1.82, 2.24) is 14.8 Å². The fourth-order valence-corrected chi connectivity index (χ4v) is 4.13. The first-order valence-electron chi connectivity index (χ1n) is 9.60. The van der Waals surface area contributed by atoms with Crippen molar-refractivity contribution in [1.29, 1.82) is 0 Å². The normalized spacial score (nSPS) is 15.5. The van der Waals surface area contributed by atoms with Crippen molar-refractivity contribution in [3.05, 3.63) is 82.0 Å². The van der Waals surface area contributed by atoms with E-state index >= 15 is 0 Å². The van der Waals surface area contributed by atoms with E-state index < -0.39 is 12.0 Å². The Balaban J connectivity index is 1.71. The number of thioether (sulfide) groups is 1. The average molecular weight is 441 g/mol. The molecule has 2 heterocycles. The van der Waals surface area contributed by atoms with E-state index in [4.69, 9.17) is 16.3 Å². The first-order valence-corrected chi connectivity index (χ1v) is 11.0. The smallest absolute Gasteiger partial charge is 0.338 e. The molecule has 154 valence electrons. The number of nitrogens with one attached hydrogen (secondary N) is 1. The van der Waals surface area contributed by atoms with Gasteiger partial charge in [-0.1, -0.05) is 72.8 Å². The Kier molecular flexibility index (Phi) is 6.11. The number of ether oxygens (including phenoxy) is 1. The summed E-state index contributed by atoms with van der Waals surface area (Å²) in [6.45, 7) is 4.09. The molecule has 0 radical (unpaired) electrons. The molecule has 3 aromatic rings. The molecule has 6 nitrogen and oxygen atoms in total. The summed E-state index contributed by atoms with van der Waals surface area (Å²) in [4.78, 5) is 17.7. The van der Waals surface area contributed by atoms with E-state index in [1.807, 2.05) is 62.4 Å². The zero-order chi connectivity index (χ0) is 21.1. The lowest BCUT2D eigenvalue weighted by atomic mass is 9.96. The highest BCUT2D eigenvalue weighted by Crippen LogP contribution is 2.37. The van der Waals surface area contributed by atoms with E-state index in [1.54, 1.807) is 22.5 Å². The van der Waals surface area contributed by atoms with Crippen LogP contribution in [-0.4, -0.2) is 26.5 Å². The number of halogens is 1. The fourth-order valence-electron chi connectivity index (χ4n) is 3.37. The third-order valence-corrected chi connectivity index (χ3v) is 5.66. The molecule has 2 aromatic carbocycles. The molecule has 1 unspecified atom stereocenters. The average Bonchev–Trinajstić information content (AvgIpc) is 3.14. The number of anilines is 1. The minimum absolute atomic E-state index is 0.194. The summed E-state index contributed by atoms with van der Waals surface area (Å²) in [5, 5.41) is 9.08. The predicted octanol–water partition coefficient (Wildman–Crippen LogP) is 5.08. The predicted molar refractivity (Wildman–Crippen MR) is 119 cm³/mol. The van der Waals surface area contributed by atoms with Crippen LogP contribution in [0.2, 0.25) is 5.02 Å². The second-order valence-corrected chi connectivity index (χ2v) is 8.45. The Bertz CT molecular complexity index is 1100. The Labute approximate surface area is 184 Å². The maximum absolute atomic E-state index is 13.2. The zero-order valence-electron chi connectivity index (χ0n) is 16.6. The van der Waals surface area contributed by atoms with Crippen LogP contribution in [0.25, 0.3) is 0 Å². The van der Waals surface area contributed by atoms with Gasteiger partial charge in [-0.3, -0.25) is 0 Å². The Morgan fingerprint density at radius 2 is 2.03 bits per heavy atom. The van der Waals surface area contributed by atoms with Crippen molar-refractivity contribution >= 4 is 35.3 Å². The van der Waals surface area contributed by atoms with Crippen molar-refractivity contribution in [2.45, 2.75) is 31.7 Å². The maximum atomic E-state index is 13.2. The van der Waals surface area contributed by atoms with Crippen molar-refractivity contribution in [3.63, 3.8) is 0 Å². The lowest BCUT2D eigenvalue weighted by molar-refractivity contribution is -0.140. The third kappa shape index (κ3) is 4.22. The van der Waals surface area contributed by atoms with E-state index in [1.165, 1.54) is 0 Å². The topological polar surface area (TPSA) is 69.0 Å². The largest absolute Gasteiger partial charge is 0.457 e. The molecule has 1 N–H and O–H groups in total. The van der Waals surface area contributed by atoms with E-state index in [9.17, 15) is 4.79 Å². The molecular weight excluding hydrogens is 420 g/mol. The van der Waals surface area contributed by atoms with E-state index in [0.29, 0.717) is 27.4 Å². The highest BCUT2D eigenvalue weighted by Gasteiger charge is 2.35. The van der Waals surface area contributed by atoms with Crippen molar-refractivity contribution < 1.29 is 9.53 Å². The number of carbonyl (C=O) groups excluding carboxylic acids is 1. The zero-order valence-corrected chi connectivity index (χ0v) is 18.2. The molecule has 0 amide bonds. The number of nitrogens with zero attached hydrogens (tertiary/aromatic N) is 3. The molecule has 8 heteroatoms. The number of benzene rings is 2. The summed E-state index contributed by atoms with van der Waals surface area (Å²) in [5.74, 6) is 1.04. The number of allylic oxidation sites excluding steroid dienone is 1. The number of rotatable bonds is 6. The minimum Gasteiger partial charge on any atom is -0.457 e. The van der Waals surface area contributed by atoms with Crippen LogP contribution >= 0.6 is 23.4 Å². The van der Waals surface area contributed by atoms with Crippen molar-refractivity contribution in [2.75, 3.05) is 11.1 Å². The van der Waals surface area contributed by atoms with Crippen LogP contribution in [0.5, 0.6) is 0 Å². The summed E-state index contributed by atoms with van der Waals surface area (Å²) in [6, 6.07) is 16.6. The summed E-state index contributed by atoms with van der Waals surface area (Å²) < 4.78 is 7.38. The molecule has 0 aliphatic carbocycles. The second-order valence-electron chi connectivity index (χ2n) is 6.78. The molecule has 1 aliphatic rings. The molecule has 1 aromatic heterocycles. The van der Waals surface area contributed by atoms with Crippen LogP contribution < -0.4 is 5.32 Å². The van der Waals surface area contributed by atoms with Gasteiger partial charge in [0.1, 0.15) is 12.6 Å². The third-order valence-electron chi connectivity index (χ3n) is 4.70. The molecule has 1 atom stereocenters. The van der Waals surface area contributed by atoms with Gasteiger partial charge in [0.25, 0.3) is 0 Å². The number of fused-ring (bicyclic) bond motifs is 1. The van der Waals surface area contributed by atoms with Gasteiger partial charge in [0.05, 0.1) is 5.57 Å². The highest BCUT2D eigenvalue weighted by atomic mass is 35.5. The van der Waals surface area contributed by atoms with Gasteiger partial charge in [-0.15, -0.1) is 5.10 Å². The molecule has 0 saturated carbocycles. The molecular formula is C22H21ClN4O2S. The molecule has 0 fully saturated rings. The molecule has 1 aliphatic heterocycles. The fraction of sp³-hybridized carbons (Fsp3) is 0.227. The number of carbonyl (C=O) groups is 1. The highest BCUT2D eigenvalue weighted by molar-refractivity contribution is 7.99. The summed E-state index contributed by atoms with van der Waals surface area (Å²) in [6.07, 6.45) is 0. The summed E-state index contributed by atoms with van der Waals surface area (Å²) in [7, 11) is 0. The Morgan fingerprint density at radius 1 is 1.23 bits per heavy atom. The number of hydrogen-bond donors (Lipinski definition) is 1. The molecule has 0 spiro atoms. The van der Waals surface area contributed by atoms with E-state index in [-0.39, 0.29) is 6.61 Å². The molecule has 0 bridgehead atoms. The maximum Gasteiger partial charge on any atom is 0.338 e. The van der Waals surface area contributed by atoms with Crippen LogP contribution in [-0.2, 0) is 16.1 Å². The van der Waals surface area contributed by atoms with Gasteiger partial charge in [0.2, 0.25) is 11.1 Å². The first-order chi connectivity index (χ1) is 14.6. The Morgan fingerprint density at radius 3 is 2.77 bits per heavy atom. The number of hydrogen-bond acceptors (Lipinski definition) is 6. The number of esters is 1. The molecule has 0 saturated heterocycles. The standard InChI is InChI=1S/C22H21ClN4O2S/c1-3-30-22-25-21-24-14(2)18(20(28)29-13-15-8-5-4-6-9-15)19(27(21)26-22)16-10-7-11-17(23)12-16/h4-12,19H,3,13H2,1-2H3,(H,24,25,26). The molecule has 30 heavy (non-hydrogen) atoms. The lowest BCUT2D eigenvalue weighted by Crippen LogP contribution is -2.29. The van der Waals surface area contributed by atoms with Gasteiger partial charge in [0.15, 0.2) is 0 Å². The van der Waals surface area contributed by atoms with Crippen LogP contribution in [0.15, 0.2) is 71.0 Å².